The van der Waals surface area contributed by atoms with Gasteiger partial charge in [-0.3, -0.25) is 9.59 Å². The molecule has 2 amide bonds. The topological polar surface area (TPSA) is 84.2 Å². The van der Waals surface area contributed by atoms with Crippen LogP contribution in [0.1, 0.15) is 15.9 Å². The molecule has 0 saturated carbocycles. The molecule has 2 rings (SSSR count). The lowest BCUT2D eigenvalue weighted by Gasteiger charge is -2.10. The number of anilines is 2. The highest BCUT2D eigenvalue weighted by molar-refractivity contribution is 5.96. The Balaban J connectivity index is 1.90. The first-order chi connectivity index (χ1) is 10.1. The maximum absolute atomic E-state index is 11.9. The molecule has 0 atom stereocenters. The normalized spacial score (nSPS) is 9.95. The molecule has 0 unspecified atom stereocenters. The number of benzene rings is 2. The number of rotatable bonds is 5. The van der Waals surface area contributed by atoms with Crippen molar-refractivity contribution in [2.24, 2.45) is 5.73 Å². The SMILES string of the molecule is Cc1ccccc1NCC(=O)Nc1ccc(C(N)=O)cc1. The van der Waals surface area contributed by atoms with Gasteiger partial charge in [0.25, 0.3) is 0 Å². The highest BCUT2D eigenvalue weighted by Crippen LogP contribution is 2.13. The number of carbonyl (C=O) groups is 2. The van der Waals surface area contributed by atoms with E-state index in [1.807, 2.05) is 31.2 Å². The molecule has 0 saturated heterocycles. The molecule has 0 aromatic heterocycles. The molecule has 21 heavy (non-hydrogen) atoms. The van der Waals surface area contributed by atoms with Gasteiger partial charge < -0.3 is 16.4 Å². The standard InChI is InChI=1S/C16H17N3O2/c1-11-4-2-3-5-14(11)18-10-15(20)19-13-8-6-12(7-9-13)16(17)21/h2-9,18H,10H2,1H3,(H2,17,21)(H,19,20). The summed E-state index contributed by atoms with van der Waals surface area (Å²) in [6, 6.07) is 14.2. The molecule has 2 aromatic rings. The fraction of sp³-hybridized carbons (Fsp3) is 0.125. The molecule has 0 heterocycles. The van der Waals surface area contributed by atoms with Crippen LogP contribution in [0.2, 0.25) is 0 Å². The van der Waals surface area contributed by atoms with Crippen LogP contribution >= 0.6 is 0 Å². The Hall–Kier alpha value is -2.82. The molecule has 0 bridgehead atoms. The number of hydrogen-bond acceptors (Lipinski definition) is 3. The molecule has 108 valence electrons. The first kappa shape index (κ1) is 14.6. The van der Waals surface area contributed by atoms with Crippen LogP contribution in [-0.4, -0.2) is 18.4 Å². The number of nitrogens with one attached hydrogen (secondary N) is 2. The summed E-state index contributed by atoms with van der Waals surface area (Å²) in [6.07, 6.45) is 0. The van der Waals surface area contributed by atoms with Crippen LogP contribution in [0, 0.1) is 6.92 Å². The van der Waals surface area contributed by atoms with Gasteiger partial charge in [0.2, 0.25) is 11.8 Å². The second-order valence-corrected chi connectivity index (χ2v) is 4.66. The monoisotopic (exact) mass is 283 g/mol. The van der Waals surface area contributed by atoms with Crippen LogP contribution < -0.4 is 16.4 Å². The van der Waals surface area contributed by atoms with Crippen molar-refractivity contribution in [3.8, 4) is 0 Å². The maximum Gasteiger partial charge on any atom is 0.248 e. The van der Waals surface area contributed by atoms with E-state index in [0.29, 0.717) is 11.3 Å². The predicted octanol–water partition coefficient (Wildman–Crippen LogP) is 2.14. The van der Waals surface area contributed by atoms with Gasteiger partial charge >= 0.3 is 0 Å². The molecule has 5 heteroatoms. The molecule has 2 aromatic carbocycles. The summed E-state index contributed by atoms with van der Waals surface area (Å²) in [5.74, 6) is -0.654. The molecule has 0 radical (unpaired) electrons. The molecular weight excluding hydrogens is 266 g/mol. The molecular formula is C16H17N3O2. The second kappa shape index (κ2) is 6.56. The minimum Gasteiger partial charge on any atom is -0.376 e. The van der Waals surface area contributed by atoms with Gasteiger partial charge in [-0.15, -0.1) is 0 Å². The van der Waals surface area contributed by atoms with Gasteiger partial charge in [0.15, 0.2) is 0 Å². The van der Waals surface area contributed by atoms with Crippen LogP contribution in [-0.2, 0) is 4.79 Å². The Bertz CT molecular complexity index is 651. The van der Waals surface area contributed by atoms with Gasteiger partial charge in [-0.25, -0.2) is 0 Å². The summed E-state index contributed by atoms with van der Waals surface area (Å²) < 4.78 is 0. The van der Waals surface area contributed by atoms with E-state index < -0.39 is 5.91 Å². The number of nitrogens with two attached hydrogens (primary N) is 1. The maximum atomic E-state index is 11.9. The molecule has 5 nitrogen and oxygen atoms in total. The number of hydrogen-bond donors (Lipinski definition) is 3. The van der Waals surface area contributed by atoms with E-state index in [9.17, 15) is 9.59 Å². The molecule has 0 aliphatic rings. The van der Waals surface area contributed by atoms with Crippen molar-refractivity contribution >= 4 is 23.2 Å². The molecule has 0 spiro atoms. The van der Waals surface area contributed by atoms with Crippen LogP contribution in [0.3, 0.4) is 0 Å². The second-order valence-electron chi connectivity index (χ2n) is 4.66. The molecule has 4 N–H and O–H groups in total. The van der Waals surface area contributed by atoms with E-state index in [-0.39, 0.29) is 12.5 Å². The van der Waals surface area contributed by atoms with Crippen molar-refractivity contribution in [1.29, 1.82) is 0 Å². The van der Waals surface area contributed by atoms with Crippen LogP contribution in [0.4, 0.5) is 11.4 Å². The van der Waals surface area contributed by atoms with Crippen molar-refractivity contribution < 1.29 is 9.59 Å². The zero-order chi connectivity index (χ0) is 15.2. The predicted molar refractivity (Wildman–Crippen MR) is 83.3 cm³/mol. The number of primary amides is 1. The van der Waals surface area contributed by atoms with Crippen molar-refractivity contribution in [2.45, 2.75) is 6.92 Å². The summed E-state index contributed by atoms with van der Waals surface area (Å²) in [6.45, 7) is 2.14. The lowest BCUT2D eigenvalue weighted by molar-refractivity contribution is -0.114. The fourth-order valence-corrected chi connectivity index (χ4v) is 1.87. The minimum atomic E-state index is -0.492. The zero-order valence-electron chi connectivity index (χ0n) is 11.7. The van der Waals surface area contributed by atoms with Crippen molar-refractivity contribution in [3.05, 3.63) is 59.7 Å². The number of para-hydroxylation sites is 1. The number of carbonyl (C=O) groups excluding carboxylic acids is 2. The van der Waals surface area contributed by atoms with Crippen molar-refractivity contribution in [1.82, 2.24) is 0 Å². The van der Waals surface area contributed by atoms with Crippen LogP contribution in [0.25, 0.3) is 0 Å². The number of aryl methyl sites for hydroxylation is 1. The average Bonchev–Trinajstić information content (AvgIpc) is 2.47. The van der Waals surface area contributed by atoms with Gasteiger partial charge in [-0.2, -0.15) is 0 Å². The first-order valence-corrected chi connectivity index (χ1v) is 6.55. The third-order valence-corrected chi connectivity index (χ3v) is 3.04. The van der Waals surface area contributed by atoms with E-state index in [1.165, 1.54) is 0 Å². The van der Waals surface area contributed by atoms with Crippen molar-refractivity contribution in [3.63, 3.8) is 0 Å². The highest BCUT2D eigenvalue weighted by Gasteiger charge is 2.04. The van der Waals surface area contributed by atoms with Crippen LogP contribution in [0.15, 0.2) is 48.5 Å². The summed E-state index contributed by atoms with van der Waals surface area (Å²) in [4.78, 5) is 22.8. The fourth-order valence-electron chi connectivity index (χ4n) is 1.87. The van der Waals surface area contributed by atoms with Crippen molar-refractivity contribution in [2.75, 3.05) is 17.2 Å². The van der Waals surface area contributed by atoms with E-state index in [2.05, 4.69) is 10.6 Å². The van der Waals surface area contributed by atoms with E-state index in [4.69, 9.17) is 5.73 Å². The third-order valence-electron chi connectivity index (χ3n) is 3.04. The average molecular weight is 283 g/mol. The molecule has 0 aliphatic carbocycles. The third kappa shape index (κ3) is 4.07. The van der Waals surface area contributed by atoms with Gasteiger partial charge in [-0.05, 0) is 42.8 Å². The summed E-state index contributed by atoms with van der Waals surface area (Å²) in [5, 5.41) is 5.82. The molecule has 0 fully saturated rings. The Morgan fingerprint density at radius 2 is 1.71 bits per heavy atom. The summed E-state index contributed by atoms with van der Waals surface area (Å²) in [7, 11) is 0. The Morgan fingerprint density at radius 1 is 1.05 bits per heavy atom. The Morgan fingerprint density at radius 3 is 2.33 bits per heavy atom. The lowest BCUT2D eigenvalue weighted by Crippen LogP contribution is -2.22. The summed E-state index contributed by atoms with van der Waals surface area (Å²) in [5.41, 5.74) is 8.19. The van der Waals surface area contributed by atoms with E-state index >= 15 is 0 Å². The molecule has 0 aliphatic heterocycles. The van der Waals surface area contributed by atoms with Gasteiger partial charge in [0, 0.05) is 16.9 Å². The number of amides is 2. The summed E-state index contributed by atoms with van der Waals surface area (Å²) >= 11 is 0. The first-order valence-electron chi connectivity index (χ1n) is 6.55. The zero-order valence-corrected chi connectivity index (χ0v) is 11.7. The lowest BCUT2D eigenvalue weighted by atomic mass is 10.2. The van der Waals surface area contributed by atoms with Gasteiger partial charge in [0.1, 0.15) is 0 Å². The largest absolute Gasteiger partial charge is 0.376 e. The van der Waals surface area contributed by atoms with E-state index in [1.54, 1.807) is 24.3 Å². The van der Waals surface area contributed by atoms with Crippen LogP contribution in [0.5, 0.6) is 0 Å². The minimum absolute atomic E-state index is 0.162. The quantitative estimate of drug-likeness (QED) is 0.786. The Kier molecular flexibility index (Phi) is 4.56. The van der Waals surface area contributed by atoms with E-state index in [0.717, 1.165) is 11.3 Å². The van der Waals surface area contributed by atoms with Gasteiger partial charge in [-0.1, -0.05) is 18.2 Å². The Labute approximate surface area is 123 Å². The smallest absolute Gasteiger partial charge is 0.248 e. The van der Waals surface area contributed by atoms with Gasteiger partial charge in [0.05, 0.1) is 6.54 Å². The highest BCUT2D eigenvalue weighted by atomic mass is 16.2.